The van der Waals surface area contributed by atoms with Crippen molar-refractivity contribution in [2.24, 2.45) is 0 Å². The van der Waals surface area contributed by atoms with Crippen LogP contribution < -0.4 is 5.32 Å². The Morgan fingerprint density at radius 1 is 1.62 bits per heavy atom. The van der Waals surface area contributed by atoms with Crippen LogP contribution in [0.2, 0.25) is 0 Å². The van der Waals surface area contributed by atoms with Gasteiger partial charge in [-0.3, -0.25) is 4.98 Å². The minimum atomic E-state index is 0.170. The van der Waals surface area contributed by atoms with Gasteiger partial charge in [-0.15, -0.1) is 0 Å². The molecule has 0 amide bonds. The fourth-order valence-corrected chi connectivity index (χ4v) is 1.73. The summed E-state index contributed by atoms with van der Waals surface area (Å²) in [5.74, 6) is 0. The van der Waals surface area contributed by atoms with Gasteiger partial charge in [0.1, 0.15) is 0 Å². The summed E-state index contributed by atoms with van der Waals surface area (Å²) in [5, 5.41) is 3.20. The highest BCUT2D eigenvalue weighted by Crippen LogP contribution is 2.30. The third-order valence-electron chi connectivity index (χ3n) is 2.55. The van der Waals surface area contributed by atoms with Crippen LogP contribution in [-0.4, -0.2) is 31.8 Å². The molecule has 0 radical (unpaired) electrons. The summed E-state index contributed by atoms with van der Waals surface area (Å²) in [6, 6.07) is 4.10. The smallest absolute Gasteiger partial charge is 0.0598 e. The Bertz CT molecular complexity index is 270. The topological polar surface area (TPSA) is 34.2 Å². The number of nitrogens with zero attached hydrogens (tertiary/aromatic N) is 1. The van der Waals surface area contributed by atoms with E-state index < -0.39 is 0 Å². The molecule has 13 heavy (non-hydrogen) atoms. The second-order valence-corrected chi connectivity index (χ2v) is 3.55. The molecule has 1 aromatic heterocycles. The molecule has 0 aliphatic carbocycles. The van der Waals surface area contributed by atoms with Gasteiger partial charge in [0.25, 0.3) is 0 Å². The number of likely N-dealkylation sites (N-methyl/N-ethyl adjacent to an activating group) is 1. The first-order valence-corrected chi connectivity index (χ1v) is 4.50. The number of hydrogen-bond acceptors (Lipinski definition) is 3. The van der Waals surface area contributed by atoms with Crippen molar-refractivity contribution < 1.29 is 4.74 Å². The Kier molecular flexibility index (Phi) is 2.29. The van der Waals surface area contributed by atoms with Crippen LogP contribution in [-0.2, 0) is 10.2 Å². The fourth-order valence-electron chi connectivity index (χ4n) is 1.73. The van der Waals surface area contributed by atoms with Crippen LogP contribution in [0.3, 0.4) is 0 Å². The Morgan fingerprint density at radius 2 is 2.46 bits per heavy atom. The average molecular weight is 178 g/mol. The Morgan fingerprint density at radius 3 is 2.92 bits per heavy atom. The number of nitrogens with one attached hydrogen (secondary N) is 1. The van der Waals surface area contributed by atoms with Gasteiger partial charge in [0, 0.05) is 18.9 Å². The van der Waals surface area contributed by atoms with Crippen LogP contribution in [0.1, 0.15) is 5.56 Å². The van der Waals surface area contributed by atoms with Crippen LogP contribution in [0.15, 0.2) is 24.5 Å². The summed E-state index contributed by atoms with van der Waals surface area (Å²) in [7, 11) is 1.97. The number of hydrogen-bond donors (Lipinski definition) is 1. The minimum Gasteiger partial charge on any atom is -0.379 e. The maximum absolute atomic E-state index is 5.28. The quantitative estimate of drug-likeness (QED) is 0.734. The van der Waals surface area contributed by atoms with Crippen molar-refractivity contribution in [2.75, 3.05) is 26.8 Å². The number of aromatic nitrogens is 1. The van der Waals surface area contributed by atoms with E-state index in [1.807, 2.05) is 19.3 Å². The fraction of sp³-hybridized carbons (Fsp3) is 0.500. The predicted molar refractivity (Wildman–Crippen MR) is 50.7 cm³/mol. The van der Waals surface area contributed by atoms with E-state index in [0.29, 0.717) is 0 Å². The summed E-state index contributed by atoms with van der Waals surface area (Å²) in [5.41, 5.74) is 1.44. The summed E-state index contributed by atoms with van der Waals surface area (Å²) in [4.78, 5) is 4.13. The van der Waals surface area contributed by atoms with Crippen LogP contribution >= 0.6 is 0 Å². The molecule has 1 N–H and O–H groups in total. The maximum Gasteiger partial charge on any atom is 0.0598 e. The zero-order chi connectivity index (χ0) is 9.15. The highest BCUT2D eigenvalue weighted by molar-refractivity contribution is 5.25. The predicted octanol–water partition coefficient (Wildman–Crippen LogP) is 0.569. The van der Waals surface area contributed by atoms with E-state index in [2.05, 4.69) is 16.4 Å². The average Bonchev–Trinajstić information content (AvgIpc) is 2.13. The first kappa shape index (κ1) is 8.66. The second kappa shape index (κ2) is 3.44. The lowest BCUT2D eigenvalue weighted by Crippen LogP contribution is -2.52. The van der Waals surface area contributed by atoms with Gasteiger partial charge in [-0.25, -0.2) is 0 Å². The third kappa shape index (κ3) is 1.45. The molecule has 1 aliphatic heterocycles. The largest absolute Gasteiger partial charge is 0.379 e. The van der Waals surface area contributed by atoms with Crippen LogP contribution in [0.5, 0.6) is 0 Å². The third-order valence-corrected chi connectivity index (χ3v) is 2.55. The Labute approximate surface area is 78.1 Å². The molecule has 1 saturated heterocycles. The van der Waals surface area contributed by atoms with Crippen LogP contribution in [0, 0.1) is 0 Å². The van der Waals surface area contributed by atoms with Crippen molar-refractivity contribution in [3.05, 3.63) is 30.1 Å². The van der Waals surface area contributed by atoms with Gasteiger partial charge in [-0.05, 0) is 18.7 Å². The minimum absolute atomic E-state index is 0.170. The van der Waals surface area contributed by atoms with Crippen molar-refractivity contribution in [1.82, 2.24) is 10.3 Å². The number of ether oxygens (including phenoxy) is 1. The first-order chi connectivity index (χ1) is 6.37. The molecule has 0 spiro atoms. The summed E-state index contributed by atoms with van der Waals surface area (Å²) in [6.07, 6.45) is 3.73. The van der Waals surface area contributed by atoms with E-state index in [1.165, 1.54) is 5.56 Å². The lowest BCUT2D eigenvalue weighted by atomic mass is 9.79. The van der Waals surface area contributed by atoms with Gasteiger partial charge in [0.05, 0.1) is 18.6 Å². The molecule has 0 bridgehead atoms. The van der Waals surface area contributed by atoms with Crippen molar-refractivity contribution in [3.8, 4) is 0 Å². The van der Waals surface area contributed by atoms with Gasteiger partial charge < -0.3 is 10.1 Å². The zero-order valence-electron chi connectivity index (χ0n) is 7.79. The molecular weight excluding hydrogens is 164 g/mol. The summed E-state index contributed by atoms with van der Waals surface area (Å²) >= 11 is 0. The highest BCUT2D eigenvalue weighted by Gasteiger charge is 2.39. The molecular formula is C10H14N2O. The summed E-state index contributed by atoms with van der Waals surface area (Å²) in [6.45, 7) is 2.57. The van der Waals surface area contributed by atoms with E-state index in [9.17, 15) is 0 Å². The summed E-state index contributed by atoms with van der Waals surface area (Å²) < 4.78 is 5.28. The normalized spacial score (nSPS) is 19.5. The maximum atomic E-state index is 5.28. The Hall–Kier alpha value is -0.930. The molecule has 3 nitrogen and oxygen atoms in total. The van der Waals surface area contributed by atoms with E-state index in [0.717, 1.165) is 19.8 Å². The molecule has 1 aliphatic rings. The molecule has 70 valence electrons. The molecule has 3 heteroatoms. The molecule has 0 saturated carbocycles. The van der Waals surface area contributed by atoms with Crippen molar-refractivity contribution >= 4 is 0 Å². The van der Waals surface area contributed by atoms with Crippen LogP contribution in [0.4, 0.5) is 0 Å². The van der Waals surface area contributed by atoms with Crippen LogP contribution in [0.25, 0.3) is 0 Å². The van der Waals surface area contributed by atoms with E-state index in [-0.39, 0.29) is 5.41 Å². The first-order valence-electron chi connectivity index (χ1n) is 4.50. The van der Waals surface area contributed by atoms with E-state index in [1.54, 1.807) is 6.20 Å². The highest BCUT2D eigenvalue weighted by atomic mass is 16.5. The van der Waals surface area contributed by atoms with Gasteiger partial charge in [0.15, 0.2) is 0 Å². The van der Waals surface area contributed by atoms with Crippen molar-refractivity contribution in [3.63, 3.8) is 0 Å². The number of pyridine rings is 1. The Balaban J connectivity index is 2.22. The SMILES string of the molecule is CNCC1(c2cccnc2)COC1. The molecule has 0 atom stereocenters. The zero-order valence-corrected chi connectivity index (χ0v) is 7.79. The van der Waals surface area contributed by atoms with Gasteiger partial charge in [-0.2, -0.15) is 0 Å². The van der Waals surface area contributed by atoms with E-state index in [4.69, 9.17) is 4.74 Å². The molecule has 2 heterocycles. The van der Waals surface area contributed by atoms with E-state index >= 15 is 0 Å². The van der Waals surface area contributed by atoms with Gasteiger partial charge in [0.2, 0.25) is 0 Å². The lowest BCUT2D eigenvalue weighted by Gasteiger charge is -2.41. The molecule has 0 unspecified atom stereocenters. The second-order valence-electron chi connectivity index (χ2n) is 3.55. The molecule has 1 fully saturated rings. The standard InChI is InChI=1S/C10H14N2O/c1-11-6-10(7-13-8-10)9-3-2-4-12-5-9/h2-5,11H,6-8H2,1H3. The molecule has 1 aromatic rings. The van der Waals surface area contributed by atoms with Crippen molar-refractivity contribution in [1.29, 1.82) is 0 Å². The number of rotatable bonds is 3. The molecule has 0 aromatic carbocycles. The lowest BCUT2D eigenvalue weighted by molar-refractivity contribution is -0.0584. The van der Waals surface area contributed by atoms with Gasteiger partial charge in [-0.1, -0.05) is 6.07 Å². The monoisotopic (exact) mass is 178 g/mol. The molecule has 2 rings (SSSR count). The van der Waals surface area contributed by atoms with Gasteiger partial charge >= 0.3 is 0 Å². The van der Waals surface area contributed by atoms with Crippen molar-refractivity contribution in [2.45, 2.75) is 5.41 Å².